The molecule has 1 aromatic heterocycles. The Labute approximate surface area is 152 Å². The minimum Gasteiger partial charge on any atom is -0.270 e. The number of halogens is 1. The highest BCUT2D eigenvalue weighted by Crippen LogP contribution is 2.29. The van der Waals surface area contributed by atoms with Gasteiger partial charge in [-0.1, -0.05) is 68.4 Å². The van der Waals surface area contributed by atoms with Crippen molar-refractivity contribution in [2.45, 2.75) is 31.3 Å². The first-order valence-electron chi connectivity index (χ1n) is 7.76. The van der Waals surface area contributed by atoms with Gasteiger partial charge in [0.05, 0.1) is 0 Å². The van der Waals surface area contributed by atoms with E-state index in [1.165, 1.54) is 5.56 Å². The average molecular weight is 358 g/mol. The molecular formula is C19H20ClN3S. The molecule has 124 valence electrons. The third kappa shape index (κ3) is 3.35. The van der Waals surface area contributed by atoms with Crippen LogP contribution in [-0.2, 0) is 5.41 Å². The highest BCUT2D eigenvalue weighted by Gasteiger charge is 2.17. The fourth-order valence-corrected chi connectivity index (χ4v) is 3.15. The van der Waals surface area contributed by atoms with Crippen molar-refractivity contribution in [3.8, 4) is 17.1 Å². The van der Waals surface area contributed by atoms with Crippen molar-refractivity contribution in [3.05, 3.63) is 59.1 Å². The maximum absolute atomic E-state index is 6.02. The van der Waals surface area contributed by atoms with E-state index in [9.17, 15) is 0 Å². The third-order valence-electron chi connectivity index (χ3n) is 3.91. The smallest absolute Gasteiger partial charge is 0.195 e. The molecule has 0 bridgehead atoms. The predicted octanol–water partition coefficient (Wildman–Crippen LogP) is 5.61. The van der Waals surface area contributed by atoms with Crippen LogP contribution in [0.15, 0.2) is 53.7 Å². The molecule has 0 amide bonds. The minimum absolute atomic E-state index is 0.132. The summed E-state index contributed by atoms with van der Waals surface area (Å²) >= 11 is 7.59. The van der Waals surface area contributed by atoms with Crippen molar-refractivity contribution < 1.29 is 0 Å². The lowest BCUT2D eigenvalue weighted by atomic mass is 9.87. The van der Waals surface area contributed by atoms with Gasteiger partial charge in [-0.05, 0) is 41.5 Å². The lowest BCUT2D eigenvalue weighted by molar-refractivity contribution is 0.590. The molecular weight excluding hydrogens is 338 g/mol. The van der Waals surface area contributed by atoms with Crippen LogP contribution < -0.4 is 0 Å². The lowest BCUT2D eigenvalue weighted by Gasteiger charge is -2.19. The van der Waals surface area contributed by atoms with Crippen LogP contribution in [0.4, 0.5) is 0 Å². The maximum atomic E-state index is 6.02. The standard InChI is InChI=1S/C19H20ClN3S/c1-19(2,3)14-7-5-13(6-8-14)17-21-22-18(24-4)23(17)16-11-9-15(20)10-12-16/h5-12H,1-4H3. The van der Waals surface area contributed by atoms with Gasteiger partial charge in [0.1, 0.15) is 0 Å². The zero-order valence-corrected chi connectivity index (χ0v) is 15.8. The molecule has 0 fully saturated rings. The summed E-state index contributed by atoms with van der Waals surface area (Å²) in [6.07, 6.45) is 2.00. The van der Waals surface area contributed by atoms with E-state index >= 15 is 0 Å². The molecule has 24 heavy (non-hydrogen) atoms. The van der Waals surface area contributed by atoms with E-state index in [2.05, 4.69) is 59.8 Å². The Morgan fingerprint density at radius 1 is 0.917 bits per heavy atom. The quantitative estimate of drug-likeness (QED) is 0.571. The Hall–Kier alpha value is -1.78. The van der Waals surface area contributed by atoms with Gasteiger partial charge in [-0.25, -0.2) is 0 Å². The van der Waals surface area contributed by atoms with Gasteiger partial charge in [0.2, 0.25) is 0 Å². The Bertz CT molecular complexity index is 831. The molecule has 0 radical (unpaired) electrons. The molecule has 0 aliphatic rings. The molecule has 3 rings (SSSR count). The topological polar surface area (TPSA) is 30.7 Å². The summed E-state index contributed by atoms with van der Waals surface area (Å²) in [5.41, 5.74) is 3.48. The van der Waals surface area contributed by atoms with E-state index in [0.717, 1.165) is 22.2 Å². The minimum atomic E-state index is 0.132. The number of benzene rings is 2. The van der Waals surface area contributed by atoms with Gasteiger partial charge in [-0.3, -0.25) is 4.57 Å². The van der Waals surface area contributed by atoms with Crippen molar-refractivity contribution in [2.24, 2.45) is 0 Å². The molecule has 0 saturated heterocycles. The molecule has 0 aliphatic carbocycles. The van der Waals surface area contributed by atoms with Crippen LogP contribution in [0.2, 0.25) is 5.02 Å². The summed E-state index contributed by atoms with van der Waals surface area (Å²) in [5.74, 6) is 0.835. The zero-order valence-electron chi connectivity index (χ0n) is 14.2. The number of hydrogen-bond donors (Lipinski definition) is 0. The summed E-state index contributed by atoms with van der Waals surface area (Å²) < 4.78 is 2.06. The van der Waals surface area contributed by atoms with E-state index in [0.29, 0.717) is 5.02 Å². The normalized spacial score (nSPS) is 11.7. The molecule has 0 saturated carbocycles. The number of hydrogen-bond acceptors (Lipinski definition) is 3. The Balaban J connectivity index is 2.09. The highest BCUT2D eigenvalue weighted by molar-refractivity contribution is 7.98. The second-order valence-corrected chi connectivity index (χ2v) is 7.86. The largest absolute Gasteiger partial charge is 0.270 e. The van der Waals surface area contributed by atoms with Crippen molar-refractivity contribution in [3.63, 3.8) is 0 Å². The van der Waals surface area contributed by atoms with E-state index in [1.54, 1.807) is 11.8 Å². The second kappa shape index (κ2) is 6.61. The van der Waals surface area contributed by atoms with Crippen LogP contribution in [0.1, 0.15) is 26.3 Å². The van der Waals surface area contributed by atoms with E-state index in [4.69, 9.17) is 11.6 Å². The Morgan fingerprint density at radius 3 is 2.08 bits per heavy atom. The third-order valence-corrected chi connectivity index (χ3v) is 4.79. The zero-order chi connectivity index (χ0) is 17.3. The number of nitrogens with zero attached hydrogens (tertiary/aromatic N) is 3. The van der Waals surface area contributed by atoms with Crippen LogP contribution in [-0.4, -0.2) is 21.0 Å². The summed E-state index contributed by atoms with van der Waals surface area (Å²) in [6, 6.07) is 16.3. The molecule has 0 N–H and O–H groups in total. The fourth-order valence-electron chi connectivity index (χ4n) is 2.53. The number of rotatable bonds is 3. The SMILES string of the molecule is CSc1nnc(-c2ccc(C(C)(C)C)cc2)n1-c1ccc(Cl)cc1. The van der Waals surface area contributed by atoms with Gasteiger partial charge in [-0.15, -0.1) is 10.2 Å². The highest BCUT2D eigenvalue weighted by atomic mass is 35.5. The van der Waals surface area contributed by atoms with Crippen LogP contribution >= 0.6 is 23.4 Å². The molecule has 0 aliphatic heterocycles. The second-order valence-electron chi connectivity index (χ2n) is 6.65. The first kappa shape index (κ1) is 17.1. The molecule has 0 atom stereocenters. The summed E-state index contributed by atoms with van der Waals surface area (Å²) in [5, 5.41) is 10.3. The van der Waals surface area contributed by atoms with Crippen LogP contribution in [0.5, 0.6) is 0 Å². The number of thioether (sulfide) groups is 1. The van der Waals surface area contributed by atoms with Gasteiger partial charge in [0.15, 0.2) is 11.0 Å². The average Bonchev–Trinajstić information content (AvgIpc) is 2.99. The van der Waals surface area contributed by atoms with Crippen molar-refractivity contribution in [2.75, 3.05) is 6.26 Å². The summed E-state index contributed by atoms with van der Waals surface area (Å²) in [7, 11) is 0. The van der Waals surface area contributed by atoms with Crippen molar-refractivity contribution in [1.82, 2.24) is 14.8 Å². The fraction of sp³-hybridized carbons (Fsp3) is 0.263. The van der Waals surface area contributed by atoms with Gasteiger partial charge < -0.3 is 0 Å². The molecule has 3 nitrogen and oxygen atoms in total. The molecule has 5 heteroatoms. The van der Waals surface area contributed by atoms with Crippen LogP contribution in [0.3, 0.4) is 0 Å². The lowest BCUT2D eigenvalue weighted by Crippen LogP contribution is -2.10. The van der Waals surface area contributed by atoms with E-state index in [1.807, 2.05) is 30.5 Å². The van der Waals surface area contributed by atoms with Gasteiger partial charge in [-0.2, -0.15) is 0 Å². The van der Waals surface area contributed by atoms with Crippen molar-refractivity contribution in [1.29, 1.82) is 0 Å². The summed E-state index contributed by atoms with van der Waals surface area (Å²) in [4.78, 5) is 0. The Morgan fingerprint density at radius 2 is 1.54 bits per heavy atom. The molecule has 1 heterocycles. The van der Waals surface area contributed by atoms with Gasteiger partial charge in [0.25, 0.3) is 0 Å². The van der Waals surface area contributed by atoms with Crippen molar-refractivity contribution >= 4 is 23.4 Å². The first-order chi connectivity index (χ1) is 11.4. The number of aromatic nitrogens is 3. The monoisotopic (exact) mass is 357 g/mol. The molecule has 0 spiro atoms. The Kier molecular flexibility index (Phi) is 4.70. The van der Waals surface area contributed by atoms with Gasteiger partial charge in [0, 0.05) is 16.3 Å². The molecule has 0 unspecified atom stereocenters. The van der Waals surface area contributed by atoms with E-state index in [-0.39, 0.29) is 5.41 Å². The van der Waals surface area contributed by atoms with Crippen LogP contribution in [0.25, 0.3) is 17.1 Å². The van der Waals surface area contributed by atoms with E-state index < -0.39 is 0 Å². The predicted molar refractivity (Wildman–Crippen MR) is 102 cm³/mol. The van der Waals surface area contributed by atoms with Crippen LogP contribution in [0, 0.1) is 0 Å². The molecule has 2 aromatic carbocycles. The van der Waals surface area contributed by atoms with Gasteiger partial charge >= 0.3 is 0 Å². The summed E-state index contributed by atoms with van der Waals surface area (Å²) in [6.45, 7) is 6.64. The maximum Gasteiger partial charge on any atom is 0.195 e. The first-order valence-corrected chi connectivity index (χ1v) is 9.36. The molecule has 3 aromatic rings.